The highest BCUT2D eigenvalue weighted by atomic mass is 32.2. The summed E-state index contributed by atoms with van der Waals surface area (Å²) >= 11 is 1.53. The molecule has 2 aromatic heterocycles. The number of halogens is 3. The fraction of sp³-hybridized carbons (Fsp3) is 0.333. The van der Waals surface area contributed by atoms with Gasteiger partial charge in [-0.1, -0.05) is 18.2 Å². The predicted octanol–water partition coefficient (Wildman–Crippen LogP) is 5.70. The second-order valence-corrected chi connectivity index (χ2v) is 12.1. The first kappa shape index (κ1) is 29.5. The van der Waals surface area contributed by atoms with Crippen LogP contribution in [0.3, 0.4) is 0 Å². The Bertz CT molecular complexity index is 1670. The maximum Gasteiger partial charge on any atom is 0.260 e. The van der Waals surface area contributed by atoms with Gasteiger partial charge in [-0.3, -0.25) is 24.1 Å². The number of hydrogen-bond donors (Lipinski definition) is 0. The van der Waals surface area contributed by atoms with Crippen LogP contribution >= 0.6 is 11.8 Å². The van der Waals surface area contributed by atoms with Crippen LogP contribution in [0.25, 0.3) is 11.1 Å². The minimum atomic E-state index is -0.650. The van der Waals surface area contributed by atoms with Crippen LogP contribution in [0.2, 0.25) is 0 Å². The first-order valence-corrected chi connectivity index (χ1v) is 15.3. The molecule has 0 saturated carbocycles. The summed E-state index contributed by atoms with van der Waals surface area (Å²) in [5.41, 5.74) is 2.32. The van der Waals surface area contributed by atoms with E-state index < -0.39 is 17.5 Å². The van der Waals surface area contributed by atoms with Crippen molar-refractivity contribution >= 4 is 11.8 Å². The summed E-state index contributed by atoms with van der Waals surface area (Å²) in [5, 5.41) is 0.693. The van der Waals surface area contributed by atoms with Gasteiger partial charge in [-0.25, -0.2) is 13.2 Å². The third-order valence-corrected chi connectivity index (χ3v) is 9.74. The third-order valence-electron chi connectivity index (χ3n) is 8.47. The number of piperazine rings is 1. The normalized spacial score (nSPS) is 17.3. The standard InChI is InChI=1S/C33H33F3N4O2S/c1-21-25(17-26-27(34)6-4-7-28(26)35)33-40(32(41)30(21)24-5-3-8-29(42-2)31(24)36)23(20-43-33)19-39-15-13-38(14-16-39)18-22-9-11-37-12-10-22/h3-12,23H,13-20H2,1-2H3. The van der Waals surface area contributed by atoms with Crippen LogP contribution in [0.4, 0.5) is 13.2 Å². The molecule has 4 aromatic rings. The molecule has 0 bridgehead atoms. The van der Waals surface area contributed by atoms with Gasteiger partial charge in [-0.15, -0.1) is 11.8 Å². The minimum absolute atomic E-state index is 0.0269. The molecule has 6 nitrogen and oxygen atoms in total. The Morgan fingerprint density at radius 2 is 1.60 bits per heavy atom. The van der Waals surface area contributed by atoms with Gasteiger partial charge in [-0.05, 0) is 53.9 Å². The molecule has 0 N–H and O–H groups in total. The molecule has 1 fully saturated rings. The summed E-state index contributed by atoms with van der Waals surface area (Å²) < 4.78 is 52.2. The number of benzene rings is 2. The summed E-state index contributed by atoms with van der Waals surface area (Å²) in [6.45, 7) is 6.76. The predicted molar refractivity (Wildman–Crippen MR) is 162 cm³/mol. The molecule has 1 unspecified atom stereocenters. The topological polar surface area (TPSA) is 50.6 Å². The van der Waals surface area contributed by atoms with Gasteiger partial charge in [0.15, 0.2) is 11.6 Å². The zero-order valence-electron chi connectivity index (χ0n) is 24.2. The van der Waals surface area contributed by atoms with E-state index in [9.17, 15) is 13.6 Å². The molecule has 6 rings (SSSR count). The van der Waals surface area contributed by atoms with Gasteiger partial charge in [0, 0.05) is 75.0 Å². The number of thioether (sulfide) groups is 1. The molecule has 43 heavy (non-hydrogen) atoms. The van der Waals surface area contributed by atoms with E-state index >= 15 is 4.39 Å². The van der Waals surface area contributed by atoms with Crippen LogP contribution in [0.1, 0.15) is 28.3 Å². The number of hydrogen-bond acceptors (Lipinski definition) is 6. The smallest absolute Gasteiger partial charge is 0.260 e. The molecule has 0 spiro atoms. The number of fused-ring (bicyclic) bond motifs is 1. The number of methoxy groups -OCH3 is 1. The lowest BCUT2D eigenvalue weighted by atomic mass is 9.94. The van der Waals surface area contributed by atoms with Crippen molar-refractivity contribution < 1.29 is 17.9 Å². The van der Waals surface area contributed by atoms with E-state index in [2.05, 4.69) is 14.8 Å². The van der Waals surface area contributed by atoms with Gasteiger partial charge in [0.1, 0.15) is 11.6 Å². The summed E-state index contributed by atoms with van der Waals surface area (Å²) in [7, 11) is 1.38. The molecule has 1 atom stereocenters. The minimum Gasteiger partial charge on any atom is -0.494 e. The molecule has 10 heteroatoms. The first-order chi connectivity index (χ1) is 20.9. The van der Waals surface area contributed by atoms with Crippen LogP contribution in [0.15, 0.2) is 70.7 Å². The van der Waals surface area contributed by atoms with E-state index in [4.69, 9.17) is 4.74 Å². The fourth-order valence-corrected chi connectivity index (χ4v) is 7.52. The first-order valence-electron chi connectivity index (χ1n) is 14.4. The molecule has 1 saturated heterocycles. The van der Waals surface area contributed by atoms with Crippen LogP contribution in [-0.4, -0.2) is 64.9 Å². The second-order valence-electron chi connectivity index (χ2n) is 11.1. The van der Waals surface area contributed by atoms with Gasteiger partial charge in [0.25, 0.3) is 5.56 Å². The van der Waals surface area contributed by atoms with Gasteiger partial charge >= 0.3 is 0 Å². The lowest BCUT2D eigenvalue weighted by Crippen LogP contribution is -2.48. The third kappa shape index (κ3) is 5.83. The number of aromatic nitrogens is 2. The molecule has 0 radical (unpaired) electrons. The van der Waals surface area contributed by atoms with Crippen molar-refractivity contribution in [3.63, 3.8) is 0 Å². The monoisotopic (exact) mass is 606 g/mol. The van der Waals surface area contributed by atoms with Crippen molar-refractivity contribution in [1.82, 2.24) is 19.4 Å². The van der Waals surface area contributed by atoms with E-state index in [1.54, 1.807) is 36.0 Å². The SMILES string of the molecule is COc1cccc(-c2c(C)c(Cc3c(F)cccc3F)c3n(c2=O)C(CN2CCN(Cc4ccncc4)CC2)CS3)c1F. The van der Waals surface area contributed by atoms with Crippen LogP contribution in [0, 0.1) is 24.4 Å². The van der Waals surface area contributed by atoms with Crippen molar-refractivity contribution in [3.8, 4) is 16.9 Å². The lowest BCUT2D eigenvalue weighted by Gasteiger charge is -2.36. The molecule has 224 valence electrons. The average Bonchev–Trinajstić information content (AvgIpc) is 3.42. The molecule has 2 aliphatic rings. The van der Waals surface area contributed by atoms with Crippen molar-refractivity contribution in [3.05, 3.63) is 111 Å². The van der Waals surface area contributed by atoms with E-state index in [0.29, 0.717) is 28.5 Å². The number of nitrogens with zero attached hydrogens (tertiary/aromatic N) is 4. The number of pyridine rings is 2. The highest BCUT2D eigenvalue weighted by Crippen LogP contribution is 2.41. The number of ether oxygens (including phenoxy) is 1. The Kier molecular flexibility index (Phi) is 8.61. The van der Waals surface area contributed by atoms with Crippen LogP contribution < -0.4 is 10.3 Å². The van der Waals surface area contributed by atoms with E-state index in [-0.39, 0.29) is 40.5 Å². The highest BCUT2D eigenvalue weighted by Gasteiger charge is 2.33. The summed E-state index contributed by atoms with van der Waals surface area (Å²) in [6, 6.07) is 12.4. The largest absolute Gasteiger partial charge is 0.494 e. The van der Waals surface area contributed by atoms with E-state index in [0.717, 1.165) is 32.7 Å². The Morgan fingerprint density at radius 1 is 0.930 bits per heavy atom. The molecular weight excluding hydrogens is 573 g/mol. The highest BCUT2D eigenvalue weighted by molar-refractivity contribution is 7.99. The zero-order chi connectivity index (χ0) is 30.1. The maximum atomic E-state index is 15.6. The van der Waals surface area contributed by atoms with Crippen molar-refractivity contribution in [2.75, 3.05) is 45.6 Å². The molecule has 0 amide bonds. The Morgan fingerprint density at radius 3 is 2.30 bits per heavy atom. The van der Waals surface area contributed by atoms with E-state index in [1.165, 1.54) is 48.7 Å². The Balaban J connectivity index is 1.35. The average molecular weight is 607 g/mol. The van der Waals surface area contributed by atoms with Crippen LogP contribution in [0.5, 0.6) is 5.75 Å². The van der Waals surface area contributed by atoms with Gasteiger partial charge in [0.2, 0.25) is 0 Å². The van der Waals surface area contributed by atoms with Gasteiger partial charge in [0.05, 0.1) is 23.7 Å². The van der Waals surface area contributed by atoms with Gasteiger partial charge < -0.3 is 4.74 Å². The molecule has 2 aliphatic heterocycles. The van der Waals surface area contributed by atoms with Crippen molar-refractivity contribution in [2.45, 2.75) is 31.0 Å². The quantitative estimate of drug-likeness (QED) is 0.257. The summed E-state index contributed by atoms with van der Waals surface area (Å²) in [5.74, 6) is -1.27. The van der Waals surface area contributed by atoms with Crippen molar-refractivity contribution in [2.24, 2.45) is 0 Å². The van der Waals surface area contributed by atoms with Crippen LogP contribution in [-0.2, 0) is 13.0 Å². The molecule has 0 aliphatic carbocycles. The Labute approximate surface area is 253 Å². The summed E-state index contributed by atoms with van der Waals surface area (Å²) in [4.78, 5) is 23.1. The fourth-order valence-electron chi connectivity index (χ4n) is 6.14. The van der Waals surface area contributed by atoms with E-state index in [1.807, 2.05) is 12.1 Å². The Hall–Kier alpha value is -3.60. The summed E-state index contributed by atoms with van der Waals surface area (Å²) in [6.07, 6.45) is 3.56. The van der Waals surface area contributed by atoms with Crippen molar-refractivity contribution in [1.29, 1.82) is 0 Å². The molecular formula is C33H33F3N4O2S. The van der Waals surface area contributed by atoms with Gasteiger partial charge in [-0.2, -0.15) is 0 Å². The zero-order valence-corrected chi connectivity index (χ0v) is 25.0. The second kappa shape index (κ2) is 12.6. The molecule has 2 aromatic carbocycles. The maximum absolute atomic E-state index is 15.6. The lowest BCUT2D eigenvalue weighted by molar-refractivity contribution is 0.116. The molecule has 4 heterocycles. The number of rotatable bonds is 8.